The molecular formula is C30H30N4O2. The number of hydrogen-bond donors (Lipinski definition) is 1. The third-order valence-corrected chi connectivity index (χ3v) is 6.84. The quantitative estimate of drug-likeness (QED) is 0.399. The Morgan fingerprint density at radius 3 is 2.19 bits per heavy atom. The fraction of sp³-hybridized carbons (Fsp3) is 0.233. The smallest absolute Gasteiger partial charge is 0.273 e. The molecule has 182 valence electrons. The van der Waals surface area contributed by atoms with Gasteiger partial charge in [0.15, 0.2) is 0 Å². The first-order valence-electron chi connectivity index (χ1n) is 12.4. The second-order valence-electron chi connectivity index (χ2n) is 9.43. The zero-order chi connectivity index (χ0) is 25.0. The minimum absolute atomic E-state index is 0.165. The Morgan fingerprint density at radius 2 is 1.53 bits per heavy atom. The molecule has 0 aliphatic carbocycles. The lowest BCUT2D eigenvalue weighted by molar-refractivity contribution is -0.133. The van der Waals surface area contributed by atoms with Crippen molar-refractivity contribution in [3.63, 3.8) is 0 Å². The third kappa shape index (κ3) is 4.80. The van der Waals surface area contributed by atoms with Crippen LogP contribution in [-0.2, 0) is 24.3 Å². The Kier molecular flexibility index (Phi) is 6.67. The summed E-state index contributed by atoms with van der Waals surface area (Å²) in [6.07, 6.45) is 1.60. The highest BCUT2D eigenvalue weighted by atomic mass is 16.2. The Hall–Kier alpha value is -4.19. The first kappa shape index (κ1) is 23.5. The number of rotatable bonds is 8. The highest BCUT2D eigenvalue weighted by molar-refractivity contribution is 6.00. The molecule has 36 heavy (non-hydrogen) atoms. The van der Waals surface area contributed by atoms with Gasteiger partial charge in [0.05, 0.1) is 12.2 Å². The van der Waals surface area contributed by atoms with Gasteiger partial charge in [0.2, 0.25) is 5.91 Å². The molecule has 1 aromatic heterocycles. The summed E-state index contributed by atoms with van der Waals surface area (Å²) in [7, 11) is 0. The third-order valence-electron chi connectivity index (χ3n) is 6.84. The van der Waals surface area contributed by atoms with Crippen molar-refractivity contribution in [3.8, 4) is 11.3 Å². The summed E-state index contributed by atoms with van der Waals surface area (Å²) in [5.41, 5.74) is 3.36. The van der Waals surface area contributed by atoms with E-state index in [2.05, 4.69) is 17.4 Å². The maximum absolute atomic E-state index is 13.8. The fourth-order valence-electron chi connectivity index (χ4n) is 4.80. The van der Waals surface area contributed by atoms with Gasteiger partial charge in [-0.3, -0.25) is 14.3 Å². The summed E-state index contributed by atoms with van der Waals surface area (Å²) in [6, 6.07) is 31.7. The van der Waals surface area contributed by atoms with Gasteiger partial charge in [-0.2, -0.15) is 5.10 Å². The molecule has 0 radical (unpaired) electrons. The molecule has 0 unspecified atom stereocenters. The van der Waals surface area contributed by atoms with Gasteiger partial charge in [0.25, 0.3) is 5.91 Å². The molecule has 0 spiro atoms. The SMILES string of the molecule is C[C@]1(C(=O)NCc2ccccc2)Cn2nc(-c3ccccc3)cc2C(=O)N1CCCc1ccccc1. The van der Waals surface area contributed by atoms with Crippen LogP contribution in [0.25, 0.3) is 11.3 Å². The van der Waals surface area contributed by atoms with E-state index in [1.54, 1.807) is 9.58 Å². The maximum Gasteiger partial charge on any atom is 0.273 e. The average Bonchev–Trinajstić information content (AvgIpc) is 3.35. The van der Waals surface area contributed by atoms with Crippen LogP contribution in [0.15, 0.2) is 97.1 Å². The van der Waals surface area contributed by atoms with Gasteiger partial charge >= 0.3 is 0 Å². The number of benzene rings is 3. The van der Waals surface area contributed by atoms with Crippen molar-refractivity contribution in [2.75, 3.05) is 6.54 Å². The van der Waals surface area contributed by atoms with E-state index >= 15 is 0 Å². The molecule has 5 rings (SSSR count). The number of fused-ring (bicyclic) bond motifs is 1. The molecule has 6 heteroatoms. The molecule has 3 aromatic carbocycles. The second-order valence-corrected chi connectivity index (χ2v) is 9.43. The zero-order valence-electron chi connectivity index (χ0n) is 20.4. The lowest BCUT2D eigenvalue weighted by atomic mass is 9.94. The molecular weight excluding hydrogens is 448 g/mol. The predicted molar refractivity (Wildman–Crippen MR) is 140 cm³/mol. The number of carbonyl (C=O) groups is 2. The molecule has 6 nitrogen and oxygen atoms in total. The summed E-state index contributed by atoms with van der Waals surface area (Å²) in [6.45, 7) is 3.03. The van der Waals surface area contributed by atoms with E-state index in [1.807, 2.05) is 91.9 Å². The van der Waals surface area contributed by atoms with Crippen LogP contribution in [0, 0.1) is 0 Å². The van der Waals surface area contributed by atoms with Crippen LogP contribution in [0.5, 0.6) is 0 Å². The Morgan fingerprint density at radius 1 is 0.917 bits per heavy atom. The van der Waals surface area contributed by atoms with Crippen LogP contribution in [0.4, 0.5) is 0 Å². The summed E-state index contributed by atoms with van der Waals surface area (Å²) >= 11 is 0. The van der Waals surface area contributed by atoms with Gasteiger partial charge in [-0.05, 0) is 37.0 Å². The maximum atomic E-state index is 13.8. The number of aryl methyl sites for hydroxylation is 1. The van der Waals surface area contributed by atoms with E-state index < -0.39 is 5.54 Å². The Bertz CT molecular complexity index is 1340. The fourth-order valence-corrected chi connectivity index (χ4v) is 4.80. The van der Waals surface area contributed by atoms with Crippen LogP contribution in [-0.4, -0.2) is 38.6 Å². The predicted octanol–water partition coefficient (Wildman–Crippen LogP) is 4.71. The van der Waals surface area contributed by atoms with Crippen LogP contribution >= 0.6 is 0 Å². The van der Waals surface area contributed by atoms with Crippen molar-refractivity contribution in [1.82, 2.24) is 20.0 Å². The molecule has 1 aliphatic heterocycles. The topological polar surface area (TPSA) is 67.2 Å². The number of carbonyl (C=O) groups excluding carboxylic acids is 2. The number of nitrogens with one attached hydrogen (secondary N) is 1. The molecule has 0 fully saturated rings. The van der Waals surface area contributed by atoms with Crippen LogP contribution in [0.3, 0.4) is 0 Å². The zero-order valence-corrected chi connectivity index (χ0v) is 20.4. The average molecular weight is 479 g/mol. The van der Waals surface area contributed by atoms with Gasteiger partial charge in [-0.15, -0.1) is 0 Å². The molecule has 0 saturated carbocycles. The van der Waals surface area contributed by atoms with Gasteiger partial charge in [-0.1, -0.05) is 91.0 Å². The molecule has 1 atom stereocenters. The first-order valence-corrected chi connectivity index (χ1v) is 12.4. The monoisotopic (exact) mass is 478 g/mol. The Labute approximate surface area is 211 Å². The van der Waals surface area contributed by atoms with Gasteiger partial charge in [0.1, 0.15) is 11.2 Å². The second kappa shape index (κ2) is 10.2. The van der Waals surface area contributed by atoms with Gasteiger partial charge in [0, 0.05) is 18.7 Å². The lowest BCUT2D eigenvalue weighted by Gasteiger charge is -2.43. The van der Waals surface area contributed by atoms with Crippen LogP contribution in [0.2, 0.25) is 0 Å². The van der Waals surface area contributed by atoms with Crippen molar-refractivity contribution in [2.24, 2.45) is 0 Å². The summed E-state index contributed by atoms with van der Waals surface area (Å²) in [4.78, 5) is 29.1. The van der Waals surface area contributed by atoms with E-state index in [-0.39, 0.29) is 11.8 Å². The molecule has 1 N–H and O–H groups in total. The minimum atomic E-state index is -1.06. The van der Waals surface area contributed by atoms with Gasteiger partial charge in [-0.25, -0.2) is 0 Å². The molecule has 1 aliphatic rings. The van der Waals surface area contributed by atoms with E-state index in [4.69, 9.17) is 5.10 Å². The van der Waals surface area contributed by atoms with Crippen molar-refractivity contribution in [3.05, 3.63) is 114 Å². The lowest BCUT2D eigenvalue weighted by Crippen LogP contribution is -2.64. The highest BCUT2D eigenvalue weighted by Gasteiger charge is 2.47. The summed E-state index contributed by atoms with van der Waals surface area (Å²) in [5.74, 6) is -0.344. The minimum Gasteiger partial charge on any atom is -0.350 e. The van der Waals surface area contributed by atoms with Gasteiger partial charge < -0.3 is 10.2 Å². The van der Waals surface area contributed by atoms with Crippen molar-refractivity contribution < 1.29 is 9.59 Å². The number of nitrogens with zero attached hydrogens (tertiary/aromatic N) is 3. The summed E-state index contributed by atoms with van der Waals surface area (Å²) < 4.78 is 1.69. The summed E-state index contributed by atoms with van der Waals surface area (Å²) in [5, 5.41) is 7.78. The Balaban J connectivity index is 1.41. The van der Waals surface area contributed by atoms with E-state index in [1.165, 1.54) is 5.56 Å². The van der Waals surface area contributed by atoms with Crippen LogP contribution < -0.4 is 5.32 Å². The highest BCUT2D eigenvalue weighted by Crippen LogP contribution is 2.30. The number of hydrogen-bond acceptors (Lipinski definition) is 3. The van der Waals surface area contributed by atoms with Crippen molar-refractivity contribution in [1.29, 1.82) is 0 Å². The molecule has 2 amide bonds. The van der Waals surface area contributed by atoms with E-state index in [9.17, 15) is 9.59 Å². The molecule has 4 aromatic rings. The largest absolute Gasteiger partial charge is 0.350 e. The standard InChI is InChI=1S/C30H30N4O2/c1-30(29(36)31-21-24-14-7-3-8-15-24)22-34-27(20-26(32-34)25-17-9-4-10-18-25)28(35)33(30)19-11-16-23-12-5-2-6-13-23/h2-10,12-15,17-18,20H,11,16,19,21-22H2,1H3,(H,31,36)/t30-/m1/s1. The van der Waals surface area contributed by atoms with Crippen LogP contribution in [0.1, 0.15) is 35.0 Å². The van der Waals surface area contributed by atoms with E-state index in [0.717, 1.165) is 29.7 Å². The molecule has 0 bridgehead atoms. The molecule has 0 saturated heterocycles. The number of amides is 2. The number of aromatic nitrogens is 2. The normalized spacial score (nSPS) is 17.0. The van der Waals surface area contributed by atoms with E-state index in [0.29, 0.717) is 25.3 Å². The van der Waals surface area contributed by atoms with Crippen molar-refractivity contribution in [2.45, 2.75) is 38.4 Å². The molecule has 2 heterocycles. The van der Waals surface area contributed by atoms with Crippen molar-refractivity contribution >= 4 is 11.8 Å². The first-order chi connectivity index (χ1) is 17.5.